The minimum absolute atomic E-state index is 0.166. The molecule has 0 unspecified atom stereocenters. The predicted octanol–water partition coefficient (Wildman–Crippen LogP) is 3.41. The van der Waals surface area contributed by atoms with Crippen LogP contribution in [0.2, 0.25) is 0 Å². The molecule has 0 amide bonds. The van der Waals surface area contributed by atoms with Crippen LogP contribution in [0.5, 0.6) is 0 Å². The zero-order valence-electron chi connectivity index (χ0n) is 19.5. The molecule has 0 bridgehead atoms. The van der Waals surface area contributed by atoms with Gasteiger partial charge < -0.3 is 4.90 Å². The molecule has 2 aliphatic rings. The molecule has 0 spiro atoms. The second-order valence-corrected chi connectivity index (χ2v) is 13.9. The fourth-order valence-electron chi connectivity index (χ4n) is 4.73. The molecule has 2 aliphatic carbocycles. The van der Waals surface area contributed by atoms with Crippen molar-refractivity contribution >= 4 is 36.7 Å². The van der Waals surface area contributed by atoms with E-state index in [1.54, 1.807) is 30.3 Å². The fourth-order valence-corrected chi connectivity index (χ4v) is 7.89. The summed E-state index contributed by atoms with van der Waals surface area (Å²) in [7, 11) is -4.86. The van der Waals surface area contributed by atoms with Crippen molar-refractivity contribution in [1.29, 1.82) is 0 Å². The van der Waals surface area contributed by atoms with Crippen molar-refractivity contribution in [2.24, 2.45) is 11.8 Å². The van der Waals surface area contributed by atoms with Crippen molar-refractivity contribution < 1.29 is 16.8 Å². The predicted molar refractivity (Wildman–Crippen MR) is 132 cm³/mol. The maximum absolute atomic E-state index is 13.2. The molecule has 2 saturated carbocycles. The Morgan fingerprint density at radius 1 is 1.00 bits per heavy atom. The summed E-state index contributed by atoms with van der Waals surface area (Å²) in [6.07, 6.45) is 7.62. The van der Waals surface area contributed by atoms with E-state index in [2.05, 4.69) is 9.97 Å². The van der Waals surface area contributed by atoms with Crippen molar-refractivity contribution in [1.82, 2.24) is 13.9 Å². The quantitative estimate of drug-likeness (QED) is 0.442. The van der Waals surface area contributed by atoms with Crippen molar-refractivity contribution in [3.63, 3.8) is 0 Å². The van der Waals surface area contributed by atoms with Gasteiger partial charge in [-0.2, -0.15) is 0 Å². The van der Waals surface area contributed by atoms with Gasteiger partial charge in [-0.05, 0) is 56.2 Å². The molecule has 10 heteroatoms. The number of aromatic nitrogens is 3. The largest absolute Gasteiger partial charge is 0.356 e. The van der Waals surface area contributed by atoms with Crippen LogP contribution in [0.1, 0.15) is 37.7 Å². The van der Waals surface area contributed by atoms with Crippen LogP contribution in [-0.2, 0) is 19.9 Å². The second kappa shape index (κ2) is 8.64. The molecule has 2 aromatic heterocycles. The molecular weight excluding hydrogens is 472 g/mol. The average molecular weight is 503 g/mol. The maximum atomic E-state index is 13.2. The minimum atomic E-state index is -3.79. The Balaban J connectivity index is 1.31. The maximum Gasteiger partial charge on any atom is 0.269 e. The number of rotatable bonds is 9. The summed E-state index contributed by atoms with van der Waals surface area (Å²) >= 11 is 0. The van der Waals surface area contributed by atoms with Gasteiger partial charge in [-0.3, -0.25) is 0 Å². The molecule has 0 radical (unpaired) electrons. The summed E-state index contributed by atoms with van der Waals surface area (Å²) in [5.41, 5.74) is 1.31. The average Bonchev–Trinajstić information content (AvgIpc) is 3.50. The minimum Gasteiger partial charge on any atom is -0.356 e. The number of benzene rings is 1. The molecule has 0 atom stereocenters. The lowest BCUT2D eigenvalue weighted by atomic mass is 9.81. The van der Waals surface area contributed by atoms with Gasteiger partial charge in [0.1, 0.15) is 12.1 Å². The number of hydrogen-bond acceptors (Lipinski definition) is 7. The monoisotopic (exact) mass is 502 g/mol. The van der Waals surface area contributed by atoms with Crippen LogP contribution >= 0.6 is 0 Å². The molecule has 0 N–H and O–H groups in total. The lowest BCUT2D eigenvalue weighted by molar-refractivity contribution is 0.282. The van der Waals surface area contributed by atoms with E-state index < -0.39 is 19.9 Å². The first-order chi connectivity index (χ1) is 16.1. The molecule has 0 saturated heterocycles. The highest BCUT2D eigenvalue weighted by molar-refractivity contribution is 7.91. The number of sulfone groups is 1. The van der Waals surface area contributed by atoms with Crippen molar-refractivity contribution in [2.45, 2.75) is 50.0 Å². The van der Waals surface area contributed by atoms with Crippen molar-refractivity contribution in [3.8, 4) is 0 Å². The van der Waals surface area contributed by atoms with E-state index in [9.17, 15) is 16.8 Å². The molecule has 182 valence electrons. The highest BCUT2D eigenvalue weighted by atomic mass is 32.2. The first-order valence-electron chi connectivity index (χ1n) is 11.7. The van der Waals surface area contributed by atoms with E-state index in [1.807, 2.05) is 18.9 Å². The molecule has 1 aromatic carbocycles. The molecule has 8 nitrogen and oxygen atoms in total. The Labute approximate surface area is 201 Å². The van der Waals surface area contributed by atoms with Crippen molar-refractivity contribution in [2.75, 3.05) is 23.5 Å². The lowest BCUT2D eigenvalue weighted by Gasteiger charge is -2.41. The van der Waals surface area contributed by atoms with Gasteiger partial charge >= 0.3 is 0 Å². The normalized spacial score (nSPS) is 20.9. The summed E-state index contributed by atoms with van der Waals surface area (Å²) < 4.78 is 52.5. The van der Waals surface area contributed by atoms with Crippen LogP contribution in [0, 0.1) is 18.8 Å². The molecule has 2 fully saturated rings. The lowest BCUT2D eigenvalue weighted by Crippen LogP contribution is -2.45. The number of nitrogens with zero attached hydrogens (tertiary/aromatic N) is 4. The van der Waals surface area contributed by atoms with Gasteiger partial charge in [0, 0.05) is 19.3 Å². The van der Waals surface area contributed by atoms with Gasteiger partial charge in [0.25, 0.3) is 10.0 Å². The van der Waals surface area contributed by atoms with E-state index >= 15 is 0 Å². The third-order valence-electron chi connectivity index (χ3n) is 7.12. The summed E-state index contributed by atoms with van der Waals surface area (Å²) in [5, 5.41) is 0.654. The van der Waals surface area contributed by atoms with Gasteiger partial charge in [-0.15, -0.1) is 0 Å². The topological polar surface area (TPSA) is 102 Å². The summed E-state index contributed by atoms with van der Waals surface area (Å²) in [5.74, 6) is 2.01. The van der Waals surface area contributed by atoms with Crippen LogP contribution < -0.4 is 4.90 Å². The highest BCUT2D eigenvalue weighted by Crippen LogP contribution is 2.37. The van der Waals surface area contributed by atoms with Gasteiger partial charge in [0.15, 0.2) is 15.5 Å². The summed E-state index contributed by atoms with van der Waals surface area (Å²) in [4.78, 5) is 10.9. The molecule has 34 heavy (non-hydrogen) atoms. The summed E-state index contributed by atoms with van der Waals surface area (Å²) in [6.45, 7) is 1.91. The number of aryl methyl sites for hydroxylation is 1. The van der Waals surface area contributed by atoms with Crippen molar-refractivity contribution in [3.05, 3.63) is 48.4 Å². The molecule has 0 aliphatic heterocycles. The summed E-state index contributed by atoms with van der Waals surface area (Å²) in [6, 6.07) is 8.62. The third kappa shape index (κ3) is 4.57. The van der Waals surface area contributed by atoms with E-state index in [4.69, 9.17) is 0 Å². The van der Waals surface area contributed by atoms with Gasteiger partial charge in [-0.1, -0.05) is 30.5 Å². The number of anilines is 1. The molecule has 5 rings (SSSR count). The Hall–Kier alpha value is -2.46. The first-order valence-corrected chi connectivity index (χ1v) is 15.0. The Morgan fingerprint density at radius 2 is 1.71 bits per heavy atom. The Morgan fingerprint density at radius 3 is 2.38 bits per heavy atom. The van der Waals surface area contributed by atoms with Crippen LogP contribution in [0.15, 0.2) is 47.8 Å². The SMILES string of the molecule is Cc1ccc(S(=O)(=O)n2ccc3c(N(C)[C@H]4C[C@@H](CS(=O)(=O)CCC5CC5)C4)ncnc32)cc1. The number of hydrogen-bond donors (Lipinski definition) is 0. The van der Waals surface area contributed by atoms with Gasteiger partial charge in [0.2, 0.25) is 0 Å². The number of fused-ring (bicyclic) bond motifs is 1. The smallest absolute Gasteiger partial charge is 0.269 e. The van der Waals surface area contributed by atoms with Crippen LogP contribution in [-0.4, -0.2) is 55.4 Å². The Bertz CT molecular complexity index is 1400. The van der Waals surface area contributed by atoms with E-state index in [0.717, 1.165) is 24.8 Å². The third-order valence-corrected chi connectivity index (χ3v) is 10.6. The van der Waals surface area contributed by atoms with E-state index in [1.165, 1.54) is 29.3 Å². The van der Waals surface area contributed by atoms with E-state index in [0.29, 0.717) is 28.5 Å². The zero-order valence-corrected chi connectivity index (χ0v) is 21.1. The van der Waals surface area contributed by atoms with E-state index in [-0.39, 0.29) is 22.6 Å². The molecule has 3 aromatic rings. The molecular formula is C24H30N4O4S2. The van der Waals surface area contributed by atoms with Crippen LogP contribution in [0.4, 0.5) is 5.82 Å². The fraction of sp³-hybridized carbons (Fsp3) is 0.500. The first kappa shape index (κ1) is 23.3. The van der Waals surface area contributed by atoms with Gasteiger partial charge in [-0.25, -0.2) is 30.8 Å². The van der Waals surface area contributed by atoms with Gasteiger partial charge in [0.05, 0.1) is 21.8 Å². The highest BCUT2D eigenvalue weighted by Gasteiger charge is 2.36. The Kier molecular flexibility index (Phi) is 5.92. The van der Waals surface area contributed by atoms with Crippen LogP contribution in [0.3, 0.4) is 0 Å². The zero-order chi connectivity index (χ0) is 24.1. The van der Waals surface area contributed by atoms with Crippen LogP contribution in [0.25, 0.3) is 11.0 Å². The molecule has 2 heterocycles. The standard InChI is InChI=1S/C24H30N4O4S2/c1-17-3-7-21(8-4-17)34(31,32)28-11-9-22-23(25-16-26-24(22)28)27(2)20-13-19(14-20)15-33(29,30)12-10-18-5-6-18/h3-4,7-9,11,16,18-20H,5-6,10,12-15H2,1-2H3/t19-,20+. The second-order valence-electron chi connectivity index (χ2n) is 9.81.